The zero-order valence-corrected chi connectivity index (χ0v) is 12.3. The molecule has 1 aromatic carbocycles. The van der Waals surface area contributed by atoms with Crippen molar-refractivity contribution in [2.75, 3.05) is 11.9 Å². The molecule has 0 saturated heterocycles. The molecule has 2 rings (SSSR count). The Bertz CT molecular complexity index is 439. The molecule has 1 heterocycles. The third kappa shape index (κ3) is 3.80. The van der Waals surface area contributed by atoms with Crippen LogP contribution in [0.4, 0.5) is 18.6 Å². The van der Waals surface area contributed by atoms with E-state index in [2.05, 4.69) is 5.32 Å². The van der Waals surface area contributed by atoms with Crippen molar-refractivity contribution >= 4 is 24.0 Å². The van der Waals surface area contributed by atoms with Gasteiger partial charge in [-0.05, 0) is 11.6 Å². The van der Waals surface area contributed by atoms with Crippen molar-refractivity contribution in [3.63, 3.8) is 0 Å². The van der Waals surface area contributed by atoms with Crippen LogP contribution < -0.4 is 62.2 Å². The van der Waals surface area contributed by atoms with E-state index in [1.54, 1.807) is 0 Å². The Kier molecular flexibility index (Phi) is 5.23. The minimum Gasteiger partial charge on any atom is -0.445 e. The molecule has 3 nitrogen and oxygen atoms in total. The third-order valence-electron chi connectivity index (χ3n) is 2.27. The Hall–Kier alpha value is 0.141. The fraction of sp³-hybridized carbons (Fsp3) is 0.222. The molecular formula is C9H8BF3KNO2. The largest absolute Gasteiger partial charge is 1.00 e. The molecule has 0 saturated carbocycles. The maximum Gasteiger partial charge on any atom is 1.00 e. The van der Waals surface area contributed by atoms with Gasteiger partial charge < -0.3 is 23.0 Å². The standard InChI is InChI=1S/C9H8BF3NO2.K/c11-10(12,13)7-1-2-8-6(3-7)4-16-5-9(15)14-8;/h1-3H,4-5H2,(H,14,15);/q-1;+1. The number of carbonyl (C=O) groups excluding carboxylic acids is 1. The van der Waals surface area contributed by atoms with Crippen molar-refractivity contribution in [3.8, 4) is 0 Å². The number of rotatable bonds is 1. The molecule has 0 fully saturated rings. The van der Waals surface area contributed by atoms with Gasteiger partial charge in [-0.25, -0.2) is 0 Å². The van der Waals surface area contributed by atoms with Gasteiger partial charge in [0.25, 0.3) is 0 Å². The molecule has 0 radical (unpaired) electrons. The summed E-state index contributed by atoms with van der Waals surface area (Å²) in [4.78, 5) is 11.1. The predicted molar refractivity (Wildman–Crippen MR) is 53.4 cm³/mol. The van der Waals surface area contributed by atoms with E-state index in [4.69, 9.17) is 4.74 Å². The van der Waals surface area contributed by atoms with Crippen LogP contribution in [0, 0.1) is 0 Å². The van der Waals surface area contributed by atoms with E-state index >= 15 is 0 Å². The van der Waals surface area contributed by atoms with Crippen molar-refractivity contribution in [1.29, 1.82) is 0 Å². The second-order valence-electron chi connectivity index (χ2n) is 3.53. The molecular weight excluding hydrogens is 261 g/mol. The van der Waals surface area contributed by atoms with Crippen LogP contribution in [-0.2, 0) is 16.1 Å². The normalized spacial score (nSPS) is 15.4. The molecule has 0 unspecified atom stereocenters. The number of fused-ring (bicyclic) bond motifs is 1. The summed E-state index contributed by atoms with van der Waals surface area (Å²) in [6.45, 7) is -5.15. The van der Waals surface area contributed by atoms with E-state index in [0.717, 1.165) is 12.1 Å². The number of anilines is 1. The minimum atomic E-state index is -5.02. The van der Waals surface area contributed by atoms with E-state index in [-0.39, 0.29) is 70.5 Å². The Morgan fingerprint density at radius 3 is 2.59 bits per heavy atom. The van der Waals surface area contributed by atoms with Crippen LogP contribution in [0.1, 0.15) is 5.56 Å². The third-order valence-corrected chi connectivity index (χ3v) is 2.27. The molecule has 86 valence electrons. The number of amides is 1. The van der Waals surface area contributed by atoms with Gasteiger partial charge in [0, 0.05) is 5.69 Å². The zero-order valence-electron chi connectivity index (χ0n) is 9.17. The van der Waals surface area contributed by atoms with Gasteiger partial charge in [-0.1, -0.05) is 12.1 Å². The molecule has 0 aliphatic carbocycles. The van der Waals surface area contributed by atoms with E-state index < -0.39 is 12.4 Å². The average molecular weight is 269 g/mol. The fourth-order valence-corrected chi connectivity index (χ4v) is 1.50. The van der Waals surface area contributed by atoms with Gasteiger partial charge in [-0.2, -0.15) is 0 Å². The summed E-state index contributed by atoms with van der Waals surface area (Å²) >= 11 is 0. The first-order valence-electron chi connectivity index (χ1n) is 4.67. The van der Waals surface area contributed by atoms with Gasteiger partial charge in [0.2, 0.25) is 5.91 Å². The summed E-state index contributed by atoms with van der Waals surface area (Å²) < 4.78 is 42.3. The van der Waals surface area contributed by atoms with Crippen molar-refractivity contribution < 1.29 is 73.9 Å². The molecule has 1 aliphatic heterocycles. The quantitative estimate of drug-likeness (QED) is 0.612. The molecule has 0 bridgehead atoms. The van der Waals surface area contributed by atoms with Crippen molar-refractivity contribution in [1.82, 2.24) is 0 Å². The van der Waals surface area contributed by atoms with Crippen LogP contribution in [0.5, 0.6) is 0 Å². The van der Waals surface area contributed by atoms with E-state index in [9.17, 15) is 17.7 Å². The summed E-state index contributed by atoms with van der Waals surface area (Å²) in [5.41, 5.74) is 0.0485. The maximum absolute atomic E-state index is 12.5. The van der Waals surface area contributed by atoms with E-state index in [0.29, 0.717) is 11.3 Å². The molecule has 8 heteroatoms. The Labute approximate surface area is 139 Å². The first-order chi connectivity index (χ1) is 7.47. The number of ether oxygens (including phenoxy) is 1. The molecule has 0 aromatic heterocycles. The van der Waals surface area contributed by atoms with E-state index in [1.807, 2.05) is 0 Å². The average Bonchev–Trinajstić information content (AvgIpc) is 2.35. The first-order valence-corrected chi connectivity index (χ1v) is 4.67. The summed E-state index contributed by atoms with van der Waals surface area (Å²) in [5.74, 6) is -0.357. The summed E-state index contributed by atoms with van der Waals surface area (Å²) in [5, 5.41) is 2.48. The SMILES string of the molecule is O=C1COCc2cc([B-](F)(F)F)ccc2N1.[K+]. The van der Waals surface area contributed by atoms with E-state index in [1.165, 1.54) is 6.07 Å². The monoisotopic (exact) mass is 269 g/mol. The molecule has 0 spiro atoms. The molecule has 1 aliphatic rings. The minimum absolute atomic E-state index is 0. The van der Waals surface area contributed by atoms with Gasteiger partial charge in [0.05, 0.1) is 6.61 Å². The van der Waals surface area contributed by atoms with Crippen molar-refractivity contribution in [3.05, 3.63) is 23.8 Å². The second-order valence-corrected chi connectivity index (χ2v) is 3.53. The number of nitrogens with one attached hydrogen (secondary N) is 1. The number of carbonyl (C=O) groups is 1. The molecule has 1 amide bonds. The fourth-order valence-electron chi connectivity index (χ4n) is 1.50. The second kappa shape index (κ2) is 5.85. The number of benzene rings is 1. The first kappa shape index (κ1) is 15.2. The Morgan fingerprint density at radius 1 is 1.24 bits per heavy atom. The van der Waals surface area contributed by atoms with Gasteiger partial charge in [0.1, 0.15) is 6.61 Å². The Balaban J connectivity index is 0.00000144. The van der Waals surface area contributed by atoms with Gasteiger partial charge >= 0.3 is 58.4 Å². The van der Waals surface area contributed by atoms with Crippen LogP contribution in [0.2, 0.25) is 0 Å². The number of hydrogen-bond acceptors (Lipinski definition) is 2. The van der Waals surface area contributed by atoms with Gasteiger partial charge in [-0.3, -0.25) is 4.79 Å². The van der Waals surface area contributed by atoms with Crippen molar-refractivity contribution in [2.45, 2.75) is 6.61 Å². The Morgan fingerprint density at radius 2 is 1.94 bits per heavy atom. The number of hydrogen-bond donors (Lipinski definition) is 1. The van der Waals surface area contributed by atoms with Crippen LogP contribution >= 0.6 is 0 Å². The molecule has 0 atom stereocenters. The summed E-state index contributed by atoms with van der Waals surface area (Å²) in [6, 6.07) is 3.23. The van der Waals surface area contributed by atoms with Crippen LogP contribution in [-0.4, -0.2) is 19.5 Å². The van der Waals surface area contributed by atoms with Crippen LogP contribution in [0.15, 0.2) is 18.2 Å². The summed E-state index contributed by atoms with van der Waals surface area (Å²) in [6.07, 6.45) is 0. The molecule has 1 aromatic rings. The van der Waals surface area contributed by atoms with Crippen LogP contribution in [0.3, 0.4) is 0 Å². The zero-order chi connectivity index (χ0) is 11.8. The molecule has 17 heavy (non-hydrogen) atoms. The van der Waals surface area contributed by atoms with Gasteiger partial charge in [-0.15, -0.1) is 5.46 Å². The number of halogens is 3. The smallest absolute Gasteiger partial charge is 0.445 e. The summed E-state index contributed by atoms with van der Waals surface area (Å²) in [7, 11) is 0. The van der Waals surface area contributed by atoms with Crippen LogP contribution in [0.25, 0.3) is 0 Å². The molecule has 1 N–H and O–H groups in total. The van der Waals surface area contributed by atoms with Crippen molar-refractivity contribution in [2.24, 2.45) is 0 Å². The topological polar surface area (TPSA) is 38.3 Å². The van der Waals surface area contributed by atoms with Gasteiger partial charge in [0.15, 0.2) is 0 Å². The predicted octanol–water partition coefficient (Wildman–Crippen LogP) is -1.79. The maximum atomic E-state index is 12.5.